The second kappa shape index (κ2) is 3.57. The Morgan fingerprint density at radius 1 is 1.23 bits per heavy atom. The molecule has 0 aliphatic rings. The van der Waals surface area contributed by atoms with Crippen LogP contribution in [-0.4, -0.2) is 25.8 Å². The highest BCUT2D eigenvalue weighted by Gasteiger charge is 1.99. The van der Waals surface area contributed by atoms with Crippen LogP contribution in [0.3, 0.4) is 0 Å². The van der Waals surface area contributed by atoms with Gasteiger partial charge in [-0.3, -0.25) is 4.57 Å². The van der Waals surface area contributed by atoms with Gasteiger partial charge in [0.05, 0.1) is 0 Å². The van der Waals surface area contributed by atoms with E-state index in [4.69, 9.17) is 0 Å². The van der Waals surface area contributed by atoms with E-state index in [1.54, 1.807) is 41.1 Å². The lowest BCUT2D eigenvalue weighted by Crippen LogP contribution is -1.95. The quantitative estimate of drug-likeness (QED) is 0.674. The minimum absolute atomic E-state index is 0.648. The fourth-order valence-electron chi connectivity index (χ4n) is 0.944. The van der Waals surface area contributed by atoms with Crippen molar-refractivity contribution in [3.8, 4) is 5.95 Å². The molecule has 0 fully saturated rings. The normalized spacial score (nSPS) is 10.2. The molecule has 0 saturated carbocycles. The second-order valence-electron chi connectivity index (χ2n) is 2.37. The van der Waals surface area contributed by atoms with Gasteiger partial charge < -0.3 is 0 Å². The average Bonchev–Trinajstić information content (AvgIpc) is 2.67. The molecule has 0 aliphatic heterocycles. The van der Waals surface area contributed by atoms with Gasteiger partial charge in [-0.1, -0.05) is 0 Å². The molecule has 0 amide bonds. The van der Waals surface area contributed by atoms with E-state index in [1.165, 1.54) is 0 Å². The van der Waals surface area contributed by atoms with E-state index in [9.17, 15) is 0 Å². The number of hydrogen-bond acceptors (Lipinski definition) is 4. The number of aromatic nitrogens is 4. The number of hydrogen-bond donors (Lipinski definition) is 0. The molecule has 0 N–H and O–H groups in total. The first-order valence-corrected chi connectivity index (χ1v) is 4.98. The van der Waals surface area contributed by atoms with Crippen molar-refractivity contribution < 1.29 is 0 Å². The SMILES string of the molecule is CSc1cn(-c2ncccn2)cn1. The van der Waals surface area contributed by atoms with Gasteiger partial charge in [0.2, 0.25) is 5.95 Å². The van der Waals surface area contributed by atoms with Gasteiger partial charge >= 0.3 is 0 Å². The van der Waals surface area contributed by atoms with Gasteiger partial charge in [0.25, 0.3) is 0 Å². The zero-order valence-corrected chi connectivity index (χ0v) is 7.90. The van der Waals surface area contributed by atoms with Crippen molar-refractivity contribution in [3.63, 3.8) is 0 Å². The van der Waals surface area contributed by atoms with Crippen molar-refractivity contribution in [2.75, 3.05) is 6.26 Å². The third-order valence-electron chi connectivity index (χ3n) is 1.55. The second-order valence-corrected chi connectivity index (χ2v) is 3.20. The summed E-state index contributed by atoms with van der Waals surface area (Å²) in [7, 11) is 0. The van der Waals surface area contributed by atoms with Gasteiger partial charge in [-0.05, 0) is 12.3 Å². The van der Waals surface area contributed by atoms with Crippen molar-refractivity contribution in [2.45, 2.75) is 5.03 Å². The summed E-state index contributed by atoms with van der Waals surface area (Å²) in [5.41, 5.74) is 0. The van der Waals surface area contributed by atoms with Crippen LogP contribution < -0.4 is 0 Å². The summed E-state index contributed by atoms with van der Waals surface area (Å²) in [6, 6.07) is 1.79. The van der Waals surface area contributed by atoms with Crippen molar-refractivity contribution in [1.29, 1.82) is 0 Å². The number of nitrogens with zero attached hydrogens (tertiary/aromatic N) is 4. The van der Waals surface area contributed by atoms with Crippen molar-refractivity contribution >= 4 is 11.8 Å². The molecular weight excluding hydrogens is 184 g/mol. The maximum Gasteiger partial charge on any atom is 0.234 e. The summed E-state index contributed by atoms with van der Waals surface area (Å²) in [4.78, 5) is 12.4. The summed E-state index contributed by atoms with van der Waals surface area (Å²) in [5.74, 6) is 0.648. The van der Waals surface area contributed by atoms with E-state index in [2.05, 4.69) is 15.0 Å². The molecule has 4 nitrogen and oxygen atoms in total. The highest BCUT2D eigenvalue weighted by atomic mass is 32.2. The summed E-state index contributed by atoms with van der Waals surface area (Å²) < 4.78 is 1.80. The van der Waals surface area contributed by atoms with Crippen LogP contribution in [0.1, 0.15) is 0 Å². The van der Waals surface area contributed by atoms with Gasteiger partial charge in [0.1, 0.15) is 11.4 Å². The van der Waals surface area contributed by atoms with E-state index < -0.39 is 0 Å². The predicted octanol–water partition coefficient (Wildman–Crippen LogP) is 1.38. The van der Waals surface area contributed by atoms with Crippen molar-refractivity contribution in [2.24, 2.45) is 0 Å². The Kier molecular flexibility index (Phi) is 2.27. The molecule has 5 heteroatoms. The summed E-state index contributed by atoms with van der Waals surface area (Å²) in [6.07, 6.45) is 9.02. The molecule has 2 aromatic rings. The lowest BCUT2D eigenvalue weighted by molar-refractivity contribution is 0.924. The van der Waals surface area contributed by atoms with Crippen LogP contribution in [0, 0.1) is 0 Å². The Hall–Kier alpha value is -1.36. The Morgan fingerprint density at radius 3 is 2.62 bits per heavy atom. The minimum Gasteiger partial charge on any atom is -0.273 e. The maximum atomic E-state index is 4.16. The smallest absolute Gasteiger partial charge is 0.234 e. The minimum atomic E-state index is 0.648. The van der Waals surface area contributed by atoms with Crippen LogP contribution in [0.25, 0.3) is 5.95 Å². The molecule has 0 atom stereocenters. The Balaban J connectivity index is 2.36. The highest BCUT2D eigenvalue weighted by Crippen LogP contribution is 2.11. The Morgan fingerprint density at radius 2 is 2.00 bits per heavy atom. The molecule has 0 bridgehead atoms. The topological polar surface area (TPSA) is 43.6 Å². The summed E-state index contributed by atoms with van der Waals surface area (Å²) in [6.45, 7) is 0. The molecule has 2 aromatic heterocycles. The summed E-state index contributed by atoms with van der Waals surface area (Å²) in [5, 5.41) is 0.965. The average molecular weight is 192 g/mol. The lowest BCUT2D eigenvalue weighted by atomic mass is 10.7. The molecule has 0 aromatic carbocycles. The first-order valence-electron chi connectivity index (χ1n) is 3.75. The molecule has 66 valence electrons. The first kappa shape index (κ1) is 8.25. The fourth-order valence-corrected chi connectivity index (χ4v) is 1.32. The van der Waals surface area contributed by atoms with Crippen LogP contribution >= 0.6 is 11.8 Å². The van der Waals surface area contributed by atoms with E-state index in [0.29, 0.717) is 5.95 Å². The third-order valence-corrected chi connectivity index (χ3v) is 2.18. The predicted molar refractivity (Wildman–Crippen MR) is 50.9 cm³/mol. The van der Waals surface area contributed by atoms with Crippen LogP contribution in [0.4, 0.5) is 0 Å². The molecule has 13 heavy (non-hydrogen) atoms. The van der Waals surface area contributed by atoms with Crippen LogP contribution in [-0.2, 0) is 0 Å². The molecule has 0 spiro atoms. The molecule has 0 saturated heterocycles. The molecule has 0 unspecified atom stereocenters. The number of thioether (sulfide) groups is 1. The van der Waals surface area contributed by atoms with Crippen LogP contribution in [0.15, 0.2) is 36.0 Å². The zero-order chi connectivity index (χ0) is 9.10. The Bertz CT molecular complexity index is 384. The van der Waals surface area contributed by atoms with Crippen molar-refractivity contribution in [1.82, 2.24) is 19.5 Å². The van der Waals surface area contributed by atoms with Crippen molar-refractivity contribution in [3.05, 3.63) is 31.0 Å². The van der Waals surface area contributed by atoms with Gasteiger partial charge in [-0.2, -0.15) is 0 Å². The van der Waals surface area contributed by atoms with E-state index >= 15 is 0 Å². The molecular formula is C8H8N4S. The van der Waals surface area contributed by atoms with E-state index in [0.717, 1.165) is 5.03 Å². The maximum absolute atomic E-state index is 4.16. The van der Waals surface area contributed by atoms with Gasteiger partial charge in [0.15, 0.2) is 0 Å². The van der Waals surface area contributed by atoms with Crippen LogP contribution in [0.5, 0.6) is 0 Å². The highest BCUT2D eigenvalue weighted by molar-refractivity contribution is 7.98. The monoisotopic (exact) mass is 192 g/mol. The first-order chi connectivity index (χ1) is 6.40. The standard InChI is InChI=1S/C8H8N4S/c1-13-7-5-12(6-11-7)8-9-3-2-4-10-8/h2-6H,1H3. The third kappa shape index (κ3) is 1.70. The van der Waals surface area contributed by atoms with E-state index in [-0.39, 0.29) is 0 Å². The zero-order valence-electron chi connectivity index (χ0n) is 7.08. The number of imidazole rings is 1. The number of rotatable bonds is 2. The molecule has 2 rings (SSSR count). The molecule has 0 radical (unpaired) electrons. The van der Waals surface area contributed by atoms with Gasteiger partial charge in [-0.25, -0.2) is 15.0 Å². The Labute approximate surface area is 80.1 Å². The van der Waals surface area contributed by atoms with Gasteiger partial charge in [0, 0.05) is 18.6 Å². The fraction of sp³-hybridized carbons (Fsp3) is 0.125. The van der Waals surface area contributed by atoms with Gasteiger partial charge in [-0.15, -0.1) is 11.8 Å². The molecule has 0 aliphatic carbocycles. The lowest BCUT2D eigenvalue weighted by Gasteiger charge is -1.95. The summed E-state index contributed by atoms with van der Waals surface area (Å²) >= 11 is 1.60. The van der Waals surface area contributed by atoms with E-state index in [1.807, 2.05) is 12.5 Å². The molecule has 2 heterocycles. The van der Waals surface area contributed by atoms with Crippen LogP contribution in [0.2, 0.25) is 0 Å². The largest absolute Gasteiger partial charge is 0.273 e.